The van der Waals surface area contributed by atoms with Crippen molar-refractivity contribution in [3.05, 3.63) is 54.4 Å². The van der Waals surface area contributed by atoms with Gasteiger partial charge in [0.15, 0.2) is 0 Å². The fourth-order valence-electron chi connectivity index (χ4n) is 2.66. The van der Waals surface area contributed by atoms with Gasteiger partial charge in [0.25, 0.3) is 0 Å². The van der Waals surface area contributed by atoms with E-state index in [9.17, 15) is 18.0 Å². The number of rotatable bonds is 6. The molecular weight excluding hydrogens is 379 g/mol. The van der Waals surface area contributed by atoms with Gasteiger partial charge in [-0.25, -0.2) is 4.98 Å². The van der Waals surface area contributed by atoms with E-state index < -0.39 is 12.1 Å². The van der Waals surface area contributed by atoms with Crippen molar-refractivity contribution in [2.75, 3.05) is 11.6 Å². The summed E-state index contributed by atoms with van der Waals surface area (Å²) in [6, 6.07) is 12.6. The van der Waals surface area contributed by atoms with Crippen LogP contribution < -0.4 is 10.1 Å². The molecule has 1 N–H and O–H groups in total. The quantitative estimate of drug-likeness (QED) is 0.671. The Kier molecular flexibility index (Phi) is 5.59. The van der Waals surface area contributed by atoms with Gasteiger partial charge in [0.1, 0.15) is 18.1 Å². The van der Waals surface area contributed by atoms with E-state index in [1.807, 2.05) is 30.5 Å². The first-order valence-corrected chi connectivity index (χ1v) is 9.34. The predicted molar refractivity (Wildman–Crippen MR) is 98.7 cm³/mol. The second-order valence-corrected chi connectivity index (χ2v) is 6.53. The van der Waals surface area contributed by atoms with E-state index in [2.05, 4.69) is 15.0 Å². The highest BCUT2D eigenvalue weighted by Gasteiger charge is 2.31. The summed E-state index contributed by atoms with van der Waals surface area (Å²) in [5, 5.41) is 2.60. The van der Waals surface area contributed by atoms with Crippen LogP contribution in [0.4, 0.5) is 18.9 Å². The molecule has 3 rings (SSSR count). The first kappa shape index (κ1) is 19.1. The molecule has 0 spiro atoms. The number of thioether (sulfide) groups is 1. The van der Waals surface area contributed by atoms with Crippen LogP contribution in [0.15, 0.2) is 48.5 Å². The van der Waals surface area contributed by atoms with Gasteiger partial charge in [-0.3, -0.25) is 4.79 Å². The average molecular weight is 395 g/mol. The van der Waals surface area contributed by atoms with Gasteiger partial charge < -0.3 is 14.6 Å². The van der Waals surface area contributed by atoms with Crippen LogP contribution in [0.3, 0.4) is 0 Å². The zero-order valence-electron chi connectivity index (χ0n) is 14.3. The Hall–Kier alpha value is -2.68. The molecule has 0 bridgehead atoms. The molecule has 2 aromatic carbocycles. The number of ether oxygens (including phenoxy) is 1. The molecule has 1 aromatic heterocycles. The molecule has 1 amide bonds. The molecule has 9 heteroatoms. The molecule has 0 radical (unpaired) electrons. The van der Waals surface area contributed by atoms with E-state index in [1.165, 1.54) is 18.2 Å². The van der Waals surface area contributed by atoms with E-state index in [1.54, 1.807) is 16.3 Å². The molecule has 5 nitrogen and oxygen atoms in total. The number of carbonyl (C=O) groups excluding carboxylic acids is 1. The van der Waals surface area contributed by atoms with Crippen LogP contribution in [-0.2, 0) is 17.1 Å². The number of hydrogen-bond acceptors (Lipinski definition) is 4. The molecule has 0 saturated heterocycles. The van der Waals surface area contributed by atoms with Gasteiger partial charge in [0.05, 0.1) is 16.8 Å². The molecule has 0 saturated carbocycles. The van der Waals surface area contributed by atoms with Crippen LogP contribution in [0, 0.1) is 0 Å². The van der Waals surface area contributed by atoms with Crippen molar-refractivity contribution in [2.45, 2.75) is 18.7 Å². The number of imidazole rings is 1. The highest BCUT2D eigenvalue weighted by molar-refractivity contribution is 7.97. The molecular formula is C18H16F3N3O2S. The van der Waals surface area contributed by atoms with E-state index in [0.717, 1.165) is 22.9 Å². The van der Waals surface area contributed by atoms with E-state index >= 15 is 0 Å². The number of halogens is 3. The lowest BCUT2D eigenvalue weighted by atomic mass is 10.3. The molecule has 0 aliphatic rings. The Labute approximate surface area is 157 Å². The molecule has 0 atom stereocenters. The third-order valence-corrected chi connectivity index (χ3v) is 4.21. The molecule has 0 fully saturated rings. The fraction of sp³-hybridized carbons (Fsp3) is 0.222. The highest BCUT2D eigenvalue weighted by atomic mass is 32.2. The minimum Gasteiger partial charge on any atom is -0.406 e. The van der Waals surface area contributed by atoms with Crippen molar-refractivity contribution in [1.29, 1.82) is 0 Å². The van der Waals surface area contributed by atoms with Crippen LogP contribution in [0.2, 0.25) is 0 Å². The molecule has 27 heavy (non-hydrogen) atoms. The molecule has 1 heterocycles. The maximum absolute atomic E-state index is 12.4. The summed E-state index contributed by atoms with van der Waals surface area (Å²) in [5.41, 5.74) is 1.83. The van der Waals surface area contributed by atoms with E-state index in [-0.39, 0.29) is 18.1 Å². The third kappa shape index (κ3) is 4.94. The lowest BCUT2D eigenvalue weighted by Gasteiger charge is -2.12. The number of anilines is 1. The second-order valence-electron chi connectivity index (χ2n) is 5.66. The van der Waals surface area contributed by atoms with Gasteiger partial charge in [0.2, 0.25) is 5.91 Å². The van der Waals surface area contributed by atoms with Gasteiger partial charge in [-0.05, 0) is 30.5 Å². The van der Waals surface area contributed by atoms with E-state index in [4.69, 9.17) is 0 Å². The van der Waals surface area contributed by atoms with Gasteiger partial charge in [-0.1, -0.05) is 18.2 Å². The lowest BCUT2D eigenvalue weighted by molar-refractivity contribution is -0.274. The maximum atomic E-state index is 12.4. The number of nitrogens with one attached hydrogen (secondary N) is 1. The third-order valence-electron chi connectivity index (χ3n) is 3.66. The SMILES string of the molecule is CSCc1nc2ccccc2n1CC(=O)Nc1cccc(OC(F)(F)F)c1. The number of alkyl halides is 3. The standard InChI is InChI=1S/C18H16F3N3O2S/c1-27-11-16-23-14-7-2-3-8-15(14)24(16)10-17(25)22-12-5-4-6-13(9-12)26-18(19,20)21/h2-9H,10-11H2,1H3,(H,22,25). The number of para-hydroxylation sites is 2. The monoisotopic (exact) mass is 395 g/mol. The summed E-state index contributed by atoms with van der Waals surface area (Å²) in [7, 11) is 0. The first-order chi connectivity index (χ1) is 12.9. The van der Waals surface area contributed by atoms with Gasteiger partial charge >= 0.3 is 6.36 Å². The molecule has 142 valence electrons. The summed E-state index contributed by atoms with van der Waals surface area (Å²) in [5.74, 6) is 0.630. The van der Waals surface area contributed by atoms with Crippen LogP contribution in [-0.4, -0.2) is 28.1 Å². The Morgan fingerprint density at radius 1 is 1.22 bits per heavy atom. The van der Waals surface area contributed by atoms with Crippen LogP contribution in [0.1, 0.15) is 5.82 Å². The van der Waals surface area contributed by atoms with Crippen molar-refractivity contribution in [3.63, 3.8) is 0 Å². The van der Waals surface area contributed by atoms with Crippen LogP contribution in [0.5, 0.6) is 5.75 Å². The number of amides is 1. The smallest absolute Gasteiger partial charge is 0.406 e. The number of aromatic nitrogens is 2. The molecule has 3 aromatic rings. The van der Waals surface area contributed by atoms with Crippen molar-refractivity contribution >= 4 is 34.4 Å². The largest absolute Gasteiger partial charge is 0.573 e. The second kappa shape index (κ2) is 7.91. The number of hydrogen-bond donors (Lipinski definition) is 1. The van der Waals surface area contributed by atoms with Crippen molar-refractivity contribution < 1.29 is 22.7 Å². The van der Waals surface area contributed by atoms with Gasteiger partial charge in [-0.15, -0.1) is 13.2 Å². The Bertz CT molecular complexity index is 956. The van der Waals surface area contributed by atoms with Crippen LogP contribution >= 0.6 is 11.8 Å². The zero-order valence-corrected chi connectivity index (χ0v) is 15.1. The summed E-state index contributed by atoms with van der Waals surface area (Å²) < 4.78 is 42.7. The maximum Gasteiger partial charge on any atom is 0.573 e. The normalized spacial score (nSPS) is 11.6. The summed E-state index contributed by atoms with van der Waals surface area (Å²) in [6.45, 7) is 0.000756. The number of benzene rings is 2. The topological polar surface area (TPSA) is 56.2 Å². The van der Waals surface area contributed by atoms with Gasteiger partial charge in [0, 0.05) is 11.8 Å². The molecule has 0 aliphatic heterocycles. The first-order valence-electron chi connectivity index (χ1n) is 7.94. The Morgan fingerprint density at radius 3 is 2.74 bits per heavy atom. The van der Waals surface area contributed by atoms with Crippen molar-refractivity contribution in [2.24, 2.45) is 0 Å². The minimum absolute atomic E-state index is 0.000756. The van der Waals surface area contributed by atoms with E-state index in [0.29, 0.717) is 5.75 Å². The summed E-state index contributed by atoms with van der Waals surface area (Å²) in [6.07, 6.45) is -2.85. The Morgan fingerprint density at radius 2 is 2.00 bits per heavy atom. The highest BCUT2D eigenvalue weighted by Crippen LogP contribution is 2.25. The fourth-order valence-corrected chi connectivity index (χ4v) is 3.13. The average Bonchev–Trinajstić information content (AvgIpc) is 2.91. The zero-order chi connectivity index (χ0) is 19.4. The number of fused-ring (bicyclic) bond motifs is 1. The predicted octanol–water partition coefficient (Wildman–Crippen LogP) is 4.44. The molecule has 0 aliphatic carbocycles. The number of carbonyl (C=O) groups is 1. The summed E-state index contributed by atoms with van der Waals surface area (Å²) in [4.78, 5) is 17.0. The van der Waals surface area contributed by atoms with Crippen molar-refractivity contribution in [1.82, 2.24) is 9.55 Å². The van der Waals surface area contributed by atoms with Crippen LogP contribution in [0.25, 0.3) is 11.0 Å². The minimum atomic E-state index is -4.79. The number of nitrogens with zero attached hydrogens (tertiary/aromatic N) is 2. The lowest BCUT2D eigenvalue weighted by Crippen LogP contribution is -2.20. The Balaban J connectivity index is 1.78. The van der Waals surface area contributed by atoms with Gasteiger partial charge in [-0.2, -0.15) is 11.8 Å². The molecule has 0 unspecified atom stereocenters. The van der Waals surface area contributed by atoms with Crippen molar-refractivity contribution in [3.8, 4) is 5.75 Å². The summed E-state index contributed by atoms with van der Waals surface area (Å²) >= 11 is 1.58.